The van der Waals surface area contributed by atoms with Crippen molar-refractivity contribution < 1.29 is 42.5 Å². The number of ether oxygens (including phenoxy) is 1. The third-order valence-corrected chi connectivity index (χ3v) is 8.67. The highest BCUT2D eigenvalue weighted by molar-refractivity contribution is 7.13. The van der Waals surface area contributed by atoms with Crippen LogP contribution in [0, 0.1) is 0 Å². The molecule has 1 aliphatic heterocycles. The molecule has 0 unspecified atom stereocenters. The van der Waals surface area contributed by atoms with Gasteiger partial charge in [0.25, 0.3) is 0 Å². The summed E-state index contributed by atoms with van der Waals surface area (Å²) in [5, 5.41) is 25.2. The lowest BCUT2D eigenvalue weighted by Gasteiger charge is -2.53. The van der Waals surface area contributed by atoms with Gasteiger partial charge in [-0.25, -0.2) is 29.3 Å². The normalized spacial score (nSPS) is 16.6. The molecule has 1 aliphatic rings. The Morgan fingerprint density at radius 1 is 1.07 bits per heavy atom. The summed E-state index contributed by atoms with van der Waals surface area (Å²) < 4.78 is 47.2. The number of aromatic carboxylic acids is 2. The number of aromatic nitrogens is 3. The van der Waals surface area contributed by atoms with E-state index in [1.807, 2.05) is 7.05 Å². The van der Waals surface area contributed by atoms with Crippen LogP contribution in [0.15, 0.2) is 23.8 Å². The first-order valence-electron chi connectivity index (χ1n) is 13.8. The van der Waals surface area contributed by atoms with Crippen LogP contribution in [0.4, 0.5) is 23.8 Å². The lowest BCUT2D eigenvalue weighted by Crippen LogP contribution is -2.60. The first-order chi connectivity index (χ1) is 20.9. The highest BCUT2D eigenvalue weighted by Crippen LogP contribution is 2.45. The van der Waals surface area contributed by atoms with E-state index in [2.05, 4.69) is 58.2 Å². The van der Waals surface area contributed by atoms with Gasteiger partial charge in [0, 0.05) is 64.9 Å². The number of amides is 2. The van der Waals surface area contributed by atoms with E-state index in [1.165, 1.54) is 6.07 Å². The molecule has 0 aromatic carbocycles. The maximum absolute atomic E-state index is 13.6. The molecule has 45 heavy (non-hydrogen) atoms. The number of hydrogen-bond donors (Lipinski definition) is 4. The van der Waals surface area contributed by atoms with Crippen LogP contribution in [0.25, 0.3) is 21.7 Å². The molecule has 2 amide bonds. The summed E-state index contributed by atoms with van der Waals surface area (Å²) in [5.41, 5.74) is -3.28. The van der Waals surface area contributed by atoms with E-state index in [4.69, 9.17) is 4.74 Å². The summed E-state index contributed by atoms with van der Waals surface area (Å²) in [6.07, 6.45) is -1.95. The number of urea groups is 1. The van der Waals surface area contributed by atoms with Gasteiger partial charge in [-0.05, 0) is 47.7 Å². The van der Waals surface area contributed by atoms with Gasteiger partial charge in [0.2, 0.25) is 5.88 Å². The van der Waals surface area contributed by atoms with Gasteiger partial charge in [0.05, 0.1) is 5.56 Å². The van der Waals surface area contributed by atoms with Crippen molar-refractivity contribution in [3.05, 3.63) is 40.7 Å². The fourth-order valence-corrected chi connectivity index (χ4v) is 6.34. The molecule has 4 N–H and O–H groups in total. The van der Waals surface area contributed by atoms with Gasteiger partial charge >= 0.3 is 24.1 Å². The summed E-state index contributed by atoms with van der Waals surface area (Å²) in [7, 11) is 2.01. The van der Waals surface area contributed by atoms with Crippen LogP contribution in [-0.2, 0) is 6.18 Å². The minimum Gasteiger partial charge on any atom is -0.478 e. The second-order valence-corrected chi connectivity index (χ2v) is 12.7. The van der Waals surface area contributed by atoms with Gasteiger partial charge in [-0.2, -0.15) is 13.2 Å². The van der Waals surface area contributed by atoms with Crippen LogP contribution in [0.5, 0.6) is 5.88 Å². The van der Waals surface area contributed by atoms with Crippen molar-refractivity contribution in [2.24, 2.45) is 0 Å². The summed E-state index contributed by atoms with van der Waals surface area (Å²) in [6.45, 7) is 10.0. The van der Waals surface area contributed by atoms with Crippen molar-refractivity contribution in [2.75, 3.05) is 18.9 Å². The number of nitrogens with zero attached hydrogens (tertiary/aromatic N) is 4. The van der Waals surface area contributed by atoms with Gasteiger partial charge in [-0.3, -0.25) is 10.2 Å². The number of rotatable bonds is 8. The molecule has 0 spiro atoms. The highest BCUT2D eigenvalue weighted by Gasteiger charge is 2.44. The number of carboxylic acids is 2. The van der Waals surface area contributed by atoms with E-state index in [9.17, 15) is 37.8 Å². The Morgan fingerprint density at radius 2 is 1.71 bits per heavy atom. The molecular weight excluding hydrogens is 617 g/mol. The Hall–Kier alpha value is -4.31. The summed E-state index contributed by atoms with van der Waals surface area (Å²) in [6, 6.07) is 0.393. The number of hydrogen-bond acceptors (Lipinski definition) is 9. The molecule has 16 heteroatoms. The second kappa shape index (κ2) is 12.2. The van der Waals surface area contributed by atoms with Gasteiger partial charge < -0.3 is 20.3 Å². The molecule has 242 valence electrons. The number of carbonyl (C=O) groups excluding carboxylic acids is 1. The molecule has 3 aromatic rings. The van der Waals surface area contributed by atoms with Crippen molar-refractivity contribution in [3.8, 4) is 27.6 Å². The smallest absolute Gasteiger partial charge is 0.434 e. The zero-order valence-corrected chi connectivity index (χ0v) is 26.2. The average molecular weight is 651 g/mol. The molecule has 4 heterocycles. The van der Waals surface area contributed by atoms with Gasteiger partial charge in [-0.15, -0.1) is 11.3 Å². The minimum absolute atomic E-state index is 0.0252. The molecule has 0 aliphatic carbocycles. The molecule has 1 fully saturated rings. The largest absolute Gasteiger partial charge is 0.478 e. The molecule has 1 saturated heterocycles. The van der Waals surface area contributed by atoms with Crippen LogP contribution in [0.2, 0.25) is 0 Å². The standard InChI is InChI=1S/C29H33F3N6O6S/c1-7-33-26(43)37-21-20(25(41)42)19(23-36-18(13-45-23)29(30,31)32)17(12-34-21)16-8-14(24(39)40)11-35-22(16)44-15-9-27(2,3)38(6)28(4,5)10-15/h8,11-13,15H,7,9-10H2,1-6H3,(H,39,40)(H,41,42)(H2,33,34,37,43). The van der Waals surface area contributed by atoms with E-state index in [1.54, 1.807) is 6.92 Å². The molecule has 0 atom stereocenters. The number of carboxylic acid groups (broad SMARTS) is 2. The number of likely N-dealkylation sites (tertiary alicyclic amines) is 1. The van der Waals surface area contributed by atoms with E-state index >= 15 is 0 Å². The lowest BCUT2D eigenvalue weighted by atomic mass is 9.78. The Balaban J connectivity index is 1.98. The third-order valence-electron chi connectivity index (χ3n) is 7.81. The average Bonchev–Trinajstić information content (AvgIpc) is 3.42. The SMILES string of the molecule is CCNC(=O)Nc1ncc(-c2cc(C(=O)O)cnc2OC2CC(C)(C)N(C)C(C)(C)C2)c(-c2nc(C(F)(F)F)cs2)c1C(=O)O. The number of halogens is 3. The number of piperidine rings is 1. The van der Waals surface area contributed by atoms with Crippen molar-refractivity contribution in [2.45, 2.75) is 70.8 Å². The number of pyridine rings is 2. The zero-order chi connectivity index (χ0) is 33.5. The maximum atomic E-state index is 13.6. The fraction of sp³-hybridized carbons (Fsp3) is 0.448. The first-order valence-corrected chi connectivity index (χ1v) is 14.7. The number of thiazole rings is 1. The van der Waals surface area contributed by atoms with Crippen molar-refractivity contribution in [1.82, 2.24) is 25.2 Å². The molecule has 12 nitrogen and oxygen atoms in total. The summed E-state index contributed by atoms with van der Waals surface area (Å²) in [5.74, 6) is -3.51. The van der Waals surface area contributed by atoms with Crippen molar-refractivity contribution in [1.29, 1.82) is 0 Å². The van der Waals surface area contributed by atoms with Crippen molar-refractivity contribution >= 4 is 35.1 Å². The van der Waals surface area contributed by atoms with Crippen molar-refractivity contribution in [3.63, 3.8) is 0 Å². The van der Waals surface area contributed by atoms with Crippen LogP contribution >= 0.6 is 11.3 Å². The maximum Gasteiger partial charge on any atom is 0.434 e. The van der Waals surface area contributed by atoms with Gasteiger partial charge in [0.15, 0.2) is 5.69 Å². The Bertz CT molecular complexity index is 1620. The van der Waals surface area contributed by atoms with E-state index in [0.29, 0.717) is 24.2 Å². The molecule has 0 saturated carbocycles. The second-order valence-electron chi connectivity index (χ2n) is 11.8. The monoisotopic (exact) mass is 650 g/mol. The quantitative estimate of drug-likeness (QED) is 0.232. The van der Waals surface area contributed by atoms with E-state index in [-0.39, 0.29) is 50.8 Å². The highest BCUT2D eigenvalue weighted by atomic mass is 32.1. The predicted molar refractivity (Wildman–Crippen MR) is 160 cm³/mol. The number of nitrogens with one attached hydrogen (secondary N) is 2. The first kappa shape index (κ1) is 33.6. The van der Waals surface area contributed by atoms with E-state index in [0.717, 1.165) is 17.8 Å². The minimum atomic E-state index is -4.83. The fourth-order valence-electron chi connectivity index (χ4n) is 5.45. The van der Waals surface area contributed by atoms with Gasteiger partial charge in [0.1, 0.15) is 22.5 Å². The Kier molecular flexibility index (Phi) is 9.13. The molecule has 0 radical (unpaired) electrons. The van der Waals surface area contributed by atoms with Crippen LogP contribution in [-0.4, -0.2) is 78.8 Å². The predicted octanol–water partition coefficient (Wildman–Crippen LogP) is 5.85. The zero-order valence-electron chi connectivity index (χ0n) is 25.4. The molecule has 0 bridgehead atoms. The summed E-state index contributed by atoms with van der Waals surface area (Å²) >= 11 is 0.526. The van der Waals surface area contributed by atoms with Gasteiger partial charge in [-0.1, -0.05) is 0 Å². The van der Waals surface area contributed by atoms with Crippen LogP contribution in [0.1, 0.15) is 73.9 Å². The van der Waals surface area contributed by atoms with Crippen LogP contribution < -0.4 is 15.4 Å². The van der Waals surface area contributed by atoms with E-state index < -0.39 is 47.3 Å². The molecular formula is C29H33F3N6O6S. The topological polar surface area (TPSA) is 167 Å². The summed E-state index contributed by atoms with van der Waals surface area (Å²) in [4.78, 5) is 51.3. The molecule has 3 aromatic heterocycles. The number of alkyl halides is 3. The lowest BCUT2D eigenvalue weighted by molar-refractivity contribution is -0.140. The molecule has 4 rings (SSSR count). The number of anilines is 1. The Morgan fingerprint density at radius 3 is 2.24 bits per heavy atom. The van der Waals surface area contributed by atoms with Crippen LogP contribution in [0.3, 0.4) is 0 Å². The third kappa shape index (κ3) is 7.01. The Labute approximate surface area is 260 Å². The number of carbonyl (C=O) groups is 3.